The highest BCUT2D eigenvalue weighted by molar-refractivity contribution is 5.99. The molecule has 0 saturated carbocycles. The van der Waals surface area contributed by atoms with Gasteiger partial charge in [0.15, 0.2) is 0 Å². The molecule has 21 heavy (non-hydrogen) atoms. The number of aromatic nitrogens is 1. The lowest BCUT2D eigenvalue weighted by molar-refractivity contribution is -0.419. The molecule has 0 aliphatic heterocycles. The minimum absolute atomic E-state index is 0.230. The molecular weight excluding hydrogens is 276 g/mol. The fourth-order valence-corrected chi connectivity index (χ4v) is 2.02. The van der Waals surface area contributed by atoms with Gasteiger partial charge in [0.2, 0.25) is 5.91 Å². The molecule has 0 unspecified atom stereocenters. The molecule has 1 aromatic carbocycles. The van der Waals surface area contributed by atoms with Crippen LogP contribution in [0.4, 0.5) is 0 Å². The van der Waals surface area contributed by atoms with E-state index in [4.69, 9.17) is 0 Å². The van der Waals surface area contributed by atoms with Gasteiger partial charge in [-0.25, -0.2) is 4.79 Å². The molecule has 0 amide bonds. The highest BCUT2D eigenvalue weighted by atomic mass is 16.6. The molecule has 2 aromatic rings. The normalized spacial score (nSPS) is 11.4. The summed E-state index contributed by atoms with van der Waals surface area (Å²) in [7, 11) is 1.07. The molecule has 0 spiro atoms. The highest BCUT2D eigenvalue weighted by Crippen LogP contribution is 2.23. The van der Waals surface area contributed by atoms with Crippen molar-refractivity contribution in [2.45, 2.75) is 6.92 Å². The molecule has 0 aliphatic carbocycles. The molecule has 0 radical (unpaired) electrons. The number of para-hydroxylation sites is 1. The SMILES string of the molecule is COC(=O)/C(=C/c1cn(C(C)=O)c2ccccc12)[N+](=O)[O-]. The van der Waals surface area contributed by atoms with Crippen LogP contribution in [0, 0.1) is 10.1 Å². The van der Waals surface area contributed by atoms with Crippen LogP contribution in [0.5, 0.6) is 0 Å². The first-order valence-electron chi connectivity index (χ1n) is 6.01. The van der Waals surface area contributed by atoms with Crippen molar-refractivity contribution in [1.82, 2.24) is 4.57 Å². The number of esters is 1. The van der Waals surface area contributed by atoms with E-state index >= 15 is 0 Å². The van der Waals surface area contributed by atoms with Gasteiger partial charge in [0.05, 0.1) is 17.5 Å². The number of nitro groups is 1. The molecule has 0 aliphatic rings. The van der Waals surface area contributed by atoms with Crippen molar-refractivity contribution in [3.63, 3.8) is 0 Å². The van der Waals surface area contributed by atoms with Crippen molar-refractivity contribution in [3.8, 4) is 0 Å². The van der Waals surface area contributed by atoms with Crippen LogP contribution < -0.4 is 0 Å². The number of benzene rings is 1. The Bertz CT molecular complexity index is 773. The summed E-state index contributed by atoms with van der Waals surface area (Å²) in [4.78, 5) is 33.2. The van der Waals surface area contributed by atoms with Crippen LogP contribution in [-0.4, -0.2) is 28.5 Å². The lowest BCUT2D eigenvalue weighted by Gasteiger charge is -1.97. The summed E-state index contributed by atoms with van der Waals surface area (Å²) in [6.45, 7) is 1.38. The third-order valence-electron chi connectivity index (χ3n) is 2.97. The van der Waals surface area contributed by atoms with Crippen LogP contribution in [0.2, 0.25) is 0 Å². The Hall–Kier alpha value is -2.96. The average Bonchev–Trinajstić information content (AvgIpc) is 2.82. The maximum Gasteiger partial charge on any atom is 0.409 e. The molecule has 0 fully saturated rings. The molecule has 1 aromatic heterocycles. The van der Waals surface area contributed by atoms with Crippen LogP contribution in [0.3, 0.4) is 0 Å². The standard InChI is InChI=1S/C14H12N2O5/c1-9(17)15-8-10(11-5-3-4-6-12(11)15)7-13(16(19)20)14(18)21-2/h3-8H,1-2H3/b13-7-. The zero-order valence-corrected chi connectivity index (χ0v) is 11.4. The van der Waals surface area contributed by atoms with Crippen LogP contribution in [0.25, 0.3) is 17.0 Å². The molecule has 0 saturated heterocycles. The number of methoxy groups -OCH3 is 1. The summed E-state index contributed by atoms with van der Waals surface area (Å²) >= 11 is 0. The number of rotatable bonds is 3. The summed E-state index contributed by atoms with van der Waals surface area (Å²) < 4.78 is 5.76. The fraction of sp³-hybridized carbons (Fsp3) is 0.143. The lowest BCUT2D eigenvalue weighted by atomic mass is 10.1. The van der Waals surface area contributed by atoms with Gasteiger partial charge in [0, 0.05) is 30.1 Å². The summed E-state index contributed by atoms with van der Waals surface area (Å²) in [6, 6.07) is 6.94. The lowest BCUT2D eigenvalue weighted by Crippen LogP contribution is -2.12. The topological polar surface area (TPSA) is 91.4 Å². The van der Waals surface area contributed by atoms with Gasteiger partial charge in [0.1, 0.15) is 0 Å². The second-order valence-electron chi connectivity index (χ2n) is 4.27. The summed E-state index contributed by atoms with van der Waals surface area (Å²) in [5.74, 6) is -1.27. The van der Waals surface area contributed by atoms with Gasteiger partial charge in [-0.05, 0) is 6.07 Å². The number of ether oxygens (including phenoxy) is 1. The zero-order chi connectivity index (χ0) is 15.6. The van der Waals surface area contributed by atoms with Gasteiger partial charge < -0.3 is 4.74 Å². The number of fused-ring (bicyclic) bond motifs is 1. The maximum absolute atomic E-state index is 11.6. The van der Waals surface area contributed by atoms with E-state index in [2.05, 4.69) is 4.74 Å². The monoisotopic (exact) mass is 288 g/mol. The predicted octanol–water partition coefficient (Wildman–Crippen LogP) is 2.09. The quantitative estimate of drug-likeness (QED) is 0.373. The van der Waals surface area contributed by atoms with E-state index in [1.165, 1.54) is 17.7 Å². The third-order valence-corrected chi connectivity index (χ3v) is 2.97. The Kier molecular flexibility index (Phi) is 3.84. The third kappa shape index (κ3) is 2.66. The molecular formula is C14H12N2O5. The Labute approximate surface area is 119 Å². The number of carbonyl (C=O) groups excluding carboxylic acids is 2. The fourth-order valence-electron chi connectivity index (χ4n) is 2.02. The number of carbonyl (C=O) groups is 2. The Morgan fingerprint density at radius 1 is 1.33 bits per heavy atom. The first-order valence-corrected chi connectivity index (χ1v) is 6.01. The van der Waals surface area contributed by atoms with Crippen molar-refractivity contribution in [2.75, 3.05) is 7.11 Å². The Morgan fingerprint density at radius 2 is 2.00 bits per heavy atom. The van der Waals surface area contributed by atoms with Crippen LogP contribution >= 0.6 is 0 Å². The average molecular weight is 288 g/mol. The number of hydrogen-bond donors (Lipinski definition) is 0. The minimum atomic E-state index is -1.04. The van der Waals surface area contributed by atoms with Crippen molar-refractivity contribution < 1.29 is 19.2 Å². The second-order valence-corrected chi connectivity index (χ2v) is 4.27. The van der Waals surface area contributed by atoms with Gasteiger partial charge in [0.25, 0.3) is 0 Å². The summed E-state index contributed by atoms with van der Waals surface area (Å²) in [5.41, 5.74) is 0.325. The minimum Gasteiger partial charge on any atom is -0.461 e. The number of hydrogen-bond acceptors (Lipinski definition) is 5. The predicted molar refractivity (Wildman–Crippen MR) is 75.2 cm³/mol. The number of nitrogens with zero attached hydrogens (tertiary/aromatic N) is 2. The van der Waals surface area contributed by atoms with Crippen LogP contribution in [-0.2, 0) is 9.53 Å². The molecule has 0 N–H and O–H groups in total. The first kappa shape index (κ1) is 14.4. The first-order chi connectivity index (χ1) is 9.95. The molecule has 1 heterocycles. The molecule has 7 heteroatoms. The highest BCUT2D eigenvalue weighted by Gasteiger charge is 2.23. The zero-order valence-electron chi connectivity index (χ0n) is 11.4. The smallest absolute Gasteiger partial charge is 0.409 e. The van der Waals surface area contributed by atoms with Crippen LogP contribution in [0.15, 0.2) is 36.2 Å². The van der Waals surface area contributed by atoms with Gasteiger partial charge >= 0.3 is 11.7 Å². The molecule has 0 atom stereocenters. The van der Waals surface area contributed by atoms with E-state index in [-0.39, 0.29) is 5.91 Å². The van der Waals surface area contributed by atoms with E-state index in [0.29, 0.717) is 16.5 Å². The van der Waals surface area contributed by atoms with Crippen molar-refractivity contribution >= 4 is 28.9 Å². The van der Waals surface area contributed by atoms with Gasteiger partial charge in [-0.1, -0.05) is 18.2 Å². The van der Waals surface area contributed by atoms with E-state index < -0.39 is 16.6 Å². The molecule has 7 nitrogen and oxygen atoms in total. The van der Waals surface area contributed by atoms with Crippen molar-refractivity contribution in [3.05, 3.63) is 51.8 Å². The van der Waals surface area contributed by atoms with Crippen molar-refractivity contribution in [2.24, 2.45) is 0 Å². The van der Waals surface area contributed by atoms with Gasteiger partial charge in [-0.15, -0.1) is 0 Å². The summed E-state index contributed by atoms with van der Waals surface area (Å²) in [5, 5.41) is 11.6. The molecule has 0 bridgehead atoms. The molecule has 108 valence electrons. The van der Waals surface area contributed by atoms with E-state index in [1.807, 2.05) is 0 Å². The van der Waals surface area contributed by atoms with E-state index in [0.717, 1.165) is 13.2 Å². The van der Waals surface area contributed by atoms with E-state index in [9.17, 15) is 19.7 Å². The second kappa shape index (κ2) is 5.58. The summed E-state index contributed by atoms with van der Waals surface area (Å²) in [6.07, 6.45) is 2.56. The Morgan fingerprint density at radius 3 is 2.57 bits per heavy atom. The molecule has 2 rings (SSSR count). The van der Waals surface area contributed by atoms with Gasteiger partial charge in [-0.3, -0.25) is 19.5 Å². The van der Waals surface area contributed by atoms with Crippen LogP contribution in [0.1, 0.15) is 17.3 Å². The Balaban J connectivity index is 2.69. The van der Waals surface area contributed by atoms with Gasteiger partial charge in [-0.2, -0.15) is 0 Å². The maximum atomic E-state index is 11.6. The van der Waals surface area contributed by atoms with Crippen molar-refractivity contribution in [1.29, 1.82) is 0 Å². The van der Waals surface area contributed by atoms with E-state index in [1.54, 1.807) is 24.3 Å². The largest absolute Gasteiger partial charge is 0.461 e.